The number of ketones is 1. The maximum Gasteiger partial charge on any atom is 0.197 e. The summed E-state index contributed by atoms with van der Waals surface area (Å²) >= 11 is 0. The van der Waals surface area contributed by atoms with E-state index in [0.717, 1.165) is 28.7 Å². The second kappa shape index (κ2) is 5.18. The number of pyridine rings is 1. The second-order valence-corrected chi connectivity index (χ2v) is 7.00. The number of likely N-dealkylation sites (N-methyl/N-ethyl adjacent to an activating group) is 1. The van der Waals surface area contributed by atoms with Crippen LogP contribution in [0.15, 0.2) is 65.0 Å². The molecule has 5 rings (SSSR count). The van der Waals surface area contributed by atoms with Crippen LogP contribution in [0.3, 0.4) is 0 Å². The monoisotopic (exact) mass is 342 g/mol. The van der Waals surface area contributed by atoms with Crippen LogP contribution in [0.2, 0.25) is 0 Å². The average Bonchev–Trinajstić information content (AvgIpc) is 2.69. The summed E-state index contributed by atoms with van der Waals surface area (Å²) in [5, 5.41) is 1.35. The van der Waals surface area contributed by atoms with Crippen LogP contribution in [0, 0.1) is 0 Å². The van der Waals surface area contributed by atoms with E-state index in [2.05, 4.69) is 17.1 Å². The SMILES string of the molecule is CN1c2cc3c(=O)c4ccccc4n(C)c3cc2C(=O)C2=CCC=CC21. The molecule has 0 fully saturated rings. The van der Waals surface area contributed by atoms with Gasteiger partial charge in [-0.1, -0.05) is 30.4 Å². The molecule has 2 aliphatic rings. The van der Waals surface area contributed by atoms with Gasteiger partial charge in [0.1, 0.15) is 0 Å². The number of aryl methyl sites for hydroxylation is 1. The standard InChI is InChI=1S/C22H18N2O2/c1-23-17-9-5-3-7-13(17)21(25)15-12-20-16(11-19(15)23)22(26)14-8-4-6-10-18(14)24(20)2/h3,5-12,18H,4H2,1-2H3. The molecule has 0 saturated carbocycles. The molecular formula is C22H18N2O2. The molecule has 3 aromatic rings. The lowest BCUT2D eigenvalue weighted by atomic mass is 9.86. The van der Waals surface area contributed by atoms with E-state index in [1.807, 2.05) is 61.1 Å². The van der Waals surface area contributed by atoms with E-state index in [0.29, 0.717) is 16.3 Å². The minimum atomic E-state index is -0.0505. The minimum Gasteiger partial charge on any atom is -0.363 e. The van der Waals surface area contributed by atoms with Crippen LogP contribution >= 0.6 is 0 Å². The molecule has 1 unspecified atom stereocenters. The predicted octanol–water partition coefficient (Wildman–Crippen LogP) is 3.58. The van der Waals surface area contributed by atoms with Gasteiger partial charge in [0.05, 0.1) is 17.1 Å². The van der Waals surface area contributed by atoms with Crippen molar-refractivity contribution < 1.29 is 4.79 Å². The number of hydrogen-bond donors (Lipinski definition) is 0. The predicted molar refractivity (Wildman–Crippen MR) is 105 cm³/mol. The molecule has 0 N–H and O–H groups in total. The van der Waals surface area contributed by atoms with Crippen LogP contribution in [0.25, 0.3) is 21.8 Å². The Labute approximate surface area is 150 Å². The molecule has 1 aliphatic heterocycles. The first-order chi connectivity index (χ1) is 12.6. The Hall–Kier alpha value is -3.14. The van der Waals surface area contributed by atoms with E-state index in [1.54, 1.807) is 0 Å². The number of aromatic nitrogens is 1. The Morgan fingerprint density at radius 1 is 1.00 bits per heavy atom. The molecule has 128 valence electrons. The van der Waals surface area contributed by atoms with Gasteiger partial charge in [0.25, 0.3) is 0 Å². The smallest absolute Gasteiger partial charge is 0.197 e. The summed E-state index contributed by atoms with van der Waals surface area (Å²) in [6.45, 7) is 0. The van der Waals surface area contributed by atoms with Gasteiger partial charge in [0, 0.05) is 41.7 Å². The molecule has 2 aromatic carbocycles. The van der Waals surface area contributed by atoms with Crippen LogP contribution in [-0.2, 0) is 7.05 Å². The van der Waals surface area contributed by atoms with Crippen molar-refractivity contribution in [3.8, 4) is 0 Å². The maximum absolute atomic E-state index is 13.1. The van der Waals surface area contributed by atoms with Gasteiger partial charge < -0.3 is 9.47 Å². The van der Waals surface area contributed by atoms with Crippen molar-refractivity contribution >= 4 is 33.3 Å². The number of carbonyl (C=O) groups is 1. The van der Waals surface area contributed by atoms with Crippen molar-refractivity contribution in [2.45, 2.75) is 12.5 Å². The van der Waals surface area contributed by atoms with Crippen LogP contribution < -0.4 is 10.3 Å². The number of fused-ring (bicyclic) bond motifs is 4. The number of hydrogen-bond acceptors (Lipinski definition) is 3. The van der Waals surface area contributed by atoms with Gasteiger partial charge >= 0.3 is 0 Å². The Morgan fingerprint density at radius 3 is 2.65 bits per heavy atom. The first-order valence-corrected chi connectivity index (χ1v) is 8.77. The number of para-hydroxylation sites is 1. The summed E-state index contributed by atoms with van der Waals surface area (Å²) in [5.41, 5.74) is 4.00. The van der Waals surface area contributed by atoms with Crippen LogP contribution in [-0.4, -0.2) is 23.4 Å². The van der Waals surface area contributed by atoms with E-state index in [4.69, 9.17) is 0 Å². The van der Waals surface area contributed by atoms with E-state index in [1.165, 1.54) is 0 Å². The van der Waals surface area contributed by atoms with Gasteiger partial charge in [-0.2, -0.15) is 0 Å². The molecule has 4 heteroatoms. The van der Waals surface area contributed by atoms with Crippen molar-refractivity contribution in [2.75, 3.05) is 11.9 Å². The number of benzene rings is 2. The zero-order valence-electron chi connectivity index (χ0n) is 14.7. The van der Waals surface area contributed by atoms with E-state index in [9.17, 15) is 9.59 Å². The van der Waals surface area contributed by atoms with Gasteiger partial charge in [-0.15, -0.1) is 0 Å². The highest BCUT2D eigenvalue weighted by atomic mass is 16.1. The number of allylic oxidation sites excluding steroid dienone is 2. The summed E-state index contributed by atoms with van der Waals surface area (Å²) in [6, 6.07) is 11.3. The quantitative estimate of drug-likeness (QED) is 0.463. The van der Waals surface area contributed by atoms with Crippen molar-refractivity contribution in [3.05, 3.63) is 76.0 Å². The lowest BCUT2D eigenvalue weighted by Crippen LogP contribution is -2.40. The number of carbonyl (C=O) groups excluding carboxylic acids is 1. The van der Waals surface area contributed by atoms with Gasteiger partial charge in [0.15, 0.2) is 11.2 Å². The molecule has 0 bridgehead atoms. The third-order valence-corrected chi connectivity index (χ3v) is 5.64. The Kier molecular flexibility index (Phi) is 3.02. The van der Waals surface area contributed by atoms with Crippen LogP contribution in [0.1, 0.15) is 16.8 Å². The fourth-order valence-electron chi connectivity index (χ4n) is 4.24. The summed E-state index contributed by atoms with van der Waals surface area (Å²) in [4.78, 5) is 28.2. The molecule has 0 radical (unpaired) electrons. The largest absolute Gasteiger partial charge is 0.363 e. The summed E-state index contributed by atoms with van der Waals surface area (Å²) in [5.74, 6) is 0.0648. The first-order valence-electron chi connectivity index (χ1n) is 8.77. The molecule has 26 heavy (non-hydrogen) atoms. The highest BCUT2D eigenvalue weighted by Gasteiger charge is 2.34. The molecule has 0 saturated heterocycles. The van der Waals surface area contributed by atoms with Gasteiger partial charge in [-0.3, -0.25) is 9.59 Å². The molecular weight excluding hydrogens is 324 g/mol. The number of nitrogens with zero attached hydrogens (tertiary/aromatic N) is 2. The first kappa shape index (κ1) is 15.1. The highest BCUT2D eigenvalue weighted by molar-refractivity contribution is 6.17. The van der Waals surface area contributed by atoms with E-state index >= 15 is 0 Å². The maximum atomic E-state index is 13.1. The van der Waals surface area contributed by atoms with E-state index in [-0.39, 0.29) is 17.3 Å². The minimum absolute atomic E-state index is 0.0119. The number of rotatable bonds is 0. The Balaban J connectivity index is 1.90. The van der Waals surface area contributed by atoms with Crippen molar-refractivity contribution in [1.82, 2.24) is 4.57 Å². The molecule has 1 aromatic heterocycles. The molecule has 1 aliphatic carbocycles. The molecule has 4 nitrogen and oxygen atoms in total. The summed E-state index contributed by atoms with van der Waals surface area (Å²) < 4.78 is 2.00. The van der Waals surface area contributed by atoms with Gasteiger partial charge in [0.2, 0.25) is 0 Å². The Bertz CT molecular complexity index is 1230. The topological polar surface area (TPSA) is 42.3 Å². The normalized spacial score (nSPS) is 18.8. The van der Waals surface area contributed by atoms with Crippen LogP contribution in [0.5, 0.6) is 0 Å². The fourth-order valence-corrected chi connectivity index (χ4v) is 4.24. The van der Waals surface area contributed by atoms with Crippen molar-refractivity contribution in [1.29, 1.82) is 0 Å². The molecule has 0 amide bonds. The second-order valence-electron chi connectivity index (χ2n) is 7.00. The van der Waals surface area contributed by atoms with Crippen LogP contribution in [0.4, 0.5) is 5.69 Å². The average molecular weight is 342 g/mol. The van der Waals surface area contributed by atoms with Gasteiger partial charge in [-0.05, 0) is 30.7 Å². The lowest BCUT2D eigenvalue weighted by Gasteiger charge is -2.37. The third-order valence-electron chi connectivity index (χ3n) is 5.64. The van der Waals surface area contributed by atoms with Crippen molar-refractivity contribution in [3.63, 3.8) is 0 Å². The number of Topliss-reactive ketones (excluding diaryl/α,β-unsaturated/α-hetero) is 1. The summed E-state index contributed by atoms with van der Waals surface area (Å²) in [7, 11) is 3.93. The van der Waals surface area contributed by atoms with Gasteiger partial charge in [-0.25, -0.2) is 0 Å². The molecule has 2 heterocycles. The Morgan fingerprint density at radius 2 is 1.81 bits per heavy atom. The summed E-state index contributed by atoms with van der Waals surface area (Å²) in [6.07, 6.45) is 6.95. The zero-order valence-corrected chi connectivity index (χ0v) is 14.7. The molecule has 1 atom stereocenters. The third kappa shape index (κ3) is 1.84. The van der Waals surface area contributed by atoms with E-state index < -0.39 is 0 Å². The van der Waals surface area contributed by atoms with Crippen molar-refractivity contribution in [2.24, 2.45) is 7.05 Å². The fraction of sp³-hybridized carbons (Fsp3) is 0.182. The number of anilines is 1. The highest BCUT2D eigenvalue weighted by Crippen LogP contribution is 2.37. The zero-order chi connectivity index (χ0) is 18.0. The lowest BCUT2D eigenvalue weighted by molar-refractivity contribution is 0.102. The molecule has 0 spiro atoms.